The summed E-state index contributed by atoms with van der Waals surface area (Å²) in [6.07, 6.45) is 3.18. The van der Waals surface area contributed by atoms with E-state index in [1.807, 2.05) is 6.07 Å². The zero-order valence-corrected chi connectivity index (χ0v) is 15.8. The number of hydrogen-bond acceptors (Lipinski definition) is 5. The first-order valence-corrected chi connectivity index (χ1v) is 9.29. The zero-order valence-electron chi connectivity index (χ0n) is 15.8. The molecule has 1 saturated heterocycles. The van der Waals surface area contributed by atoms with E-state index in [1.54, 1.807) is 30.3 Å². The normalized spacial score (nSPS) is 17.6. The third-order valence-corrected chi connectivity index (χ3v) is 4.94. The van der Waals surface area contributed by atoms with Gasteiger partial charge in [0.25, 0.3) is 0 Å². The molecule has 1 fully saturated rings. The summed E-state index contributed by atoms with van der Waals surface area (Å²) in [6.45, 7) is 3.72. The first-order chi connectivity index (χ1) is 13.7. The second kappa shape index (κ2) is 8.50. The maximum Gasteiger partial charge on any atom is 0.137 e. The van der Waals surface area contributed by atoms with E-state index in [9.17, 15) is 4.39 Å². The molecule has 4 rings (SSSR count). The van der Waals surface area contributed by atoms with Gasteiger partial charge in [-0.3, -0.25) is 4.90 Å². The number of ether oxygens (including phenoxy) is 2. The quantitative estimate of drug-likeness (QED) is 0.656. The maximum absolute atomic E-state index is 13.2. The summed E-state index contributed by atoms with van der Waals surface area (Å²) in [5.41, 5.74) is 3.28. The minimum absolute atomic E-state index is 0.0396. The first-order valence-electron chi connectivity index (χ1n) is 9.29. The van der Waals surface area contributed by atoms with Crippen LogP contribution < -0.4 is 4.74 Å². The van der Waals surface area contributed by atoms with Gasteiger partial charge in [-0.05, 0) is 35.4 Å². The van der Waals surface area contributed by atoms with Crippen molar-refractivity contribution in [1.82, 2.24) is 19.7 Å². The van der Waals surface area contributed by atoms with Crippen LogP contribution in [0.15, 0.2) is 55.1 Å². The second-order valence-electron chi connectivity index (χ2n) is 6.89. The molecule has 0 unspecified atom stereocenters. The number of nitrogens with zero attached hydrogens (tertiary/aromatic N) is 4. The van der Waals surface area contributed by atoms with E-state index in [4.69, 9.17) is 9.47 Å². The number of rotatable bonds is 6. The fourth-order valence-electron chi connectivity index (χ4n) is 3.53. The van der Waals surface area contributed by atoms with Crippen molar-refractivity contribution in [2.24, 2.45) is 0 Å². The van der Waals surface area contributed by atoms with E-state index in [1.165, 1.54) is 24.0 Å². The Bertz CT molecular complexity index is 899. The SMILES string of the molecule is COc1ccc(CN2CCO[C@@H](c3ccc(F)cc3)C2)cc1Cn1cncn1. The Morgan fingerprint density at radius 2 is 2.04 bits per heavy atom. The average Bonchev–Trinajstić information content (AvgIpc) is 3.22. The summed E-state index contributed by atoms with van der Waals surface area (Å²) in [6, 6.07) is 12.8. The summed E-state index contributed by atoms with van der Waals surface area (Å²) in [7, 11) is 1.68. The van der Waals surface area contributed by atoms with Crippen molar-refractivity contribution in [3.05, 3.63) is 77.6 Å². The molecule has 2 aromatic carbocycles. The lowest BCUT2D eigenvalue weighted by Crippen LogP contribution is -2.37. The summed E-state index contributed by atoms with van der Waals surface area (Å²) in [5.74, 6) is 0.611. The highest BCUT2D eigenvalue weighted by atomic mass is 19.1. The Hall–Kier alpha value is -2.77. The average molecular weight is 382 g/mol. The number of halogens is 1. The van der Waals surface area contributed by atoms with Gasteiger partial charge in [0, 0.05) is 25.2 Å². The van der Waals surface area contributed by atoms with Gasteiger partial charge in [0.2, 0.25) is 0 Å². The lowest BCUT2D eigenvalue weighted by Gasteiger charge is -2.33. The third-order valence-electron chi connectivity index (χ3n) is 4.94. The van der Waals surface area contributed by atoms with Crippen molar-refractivity contribution in [2.45, 2.75) is 19.2 Å². The molecule has 7 heteroatoms. The molecule has 146 valence electrons. The molecule has 1 aliphatic heterocycles. The fraction of sp³-hybridized carbons (Fsp3) is 0.333. The van der Waals surface area contributed by atoms with Crippen molar-refractivity contribution in [3.8, 4) is 5.75 Å². The van der Waals surface area contributed by atoms with Crippen LogP contribution in [0.5, 0.6) is 5.75 Å². The van der Waals surface area contributed by atoms with E-state index < -0.39 is 0 Å². The second-order valence-corrected chi connectivity index (χ2v) is 6.89. The molecular weight excluding hydrogens is 359 g/mol. The number of methoxy groups -OCH3 is 1. The van der Waals surface area contributed by atoms with Gasteiger partial charge >= 0.3 is 0 Å². The number of benzene rings is 2. The molecule has 2 heterocycles. The van der Waals surface area contributed by atoms with Gasteiger partial charge in [-0.1, -0.05) is 18.2 Å². The van der Waals surface area contributed by atoms with Crippen molar-refractivity contribution >= 4 is 0 Å². The van der Waals surface area contributed by atoms with E-state index >= 15 is 0 Å². The minimum Gasteiger partial charge on any atom is -0.496 e. The molecule has 1 aromatic heterocycles. The van der Waals surface area contributed by atoms with Gasteiger partial charge < -0.3 is 9.47 Å². The van der Waals surface area contributed by atoms with Gasteiger partial charge in [-0.15, -0.1) is 0 Å². The van der Waals surface area contributed by atoms with Crippen molar-refractivity contribution in [3.63, 3.8) is 0 Å². The Kier molecular flexibility index (Phi) is 5.64. The molecule has 0 amide bonds. The molecule has 0 radical (unpaired) electrons. The number of hydrogen-bond donors (Lipinski definition) is 0. The Balaban J connectivity index is 1.46. The summed E-state index contributed by atoms with van der Waals surface area (Å²) >= 11 is 0. The molecule has 0 bridgehead atoms. The van der Waals surface area contributed by atoms with Crippen LogP contribution in [0.1, 0.15) is 22.8 Å². The lowest BCUT2D eigenvalue weighted by molar-refractivity contribution is -0.0329. The lowest BCUT2D eigenvalue weighted by atomic mass is 10.1. The molecule has 0 spiro atoms. The van der Waals surface area contributed by atoms with Crippen LogP contribution in [0, 0.1) is 5.82 Å². The van der Waals surface area contributed by atoms with E-state index in [0.717, 1.165) is 36.5 Å². The molecule has 6 nitrogen and oxygen atoms in total. The Morgan fingerprint density at radius 3 is 2.79 bits per heavy atom. The molecular formula is C21H23FN4O2. The standard InChI is InChI=1S/C21H23FN4O2/c1-27-20-7-2-16(10-18(20)12-26-15-23-14-24-26)11-25-8-9-28-21(13-25)17-3-5-19(22)6-4-17/h2-7,10,14-15,21H,8-9,11-13H2,1H3/t21-/m1/s1. The molecule has 1 atom stereocenters. The molecule has 0 aliphatic carbocycles. The van der Waals surface area contributed by atoms with E-state index in [-0.39, 0.29) is 11.9 Å². The Labute approximate surface area is 163 Å². The first kappa shape index (κ1) is 18.6. The van der Waals surface area contributed by atoms with Crippen LogP contribution in [0.25, 0.3) is 0 Å². The summed E-state index contributed by atoms with van der Waals surface area (Å²) in [5, 5.41) is 4.18. The molecule has 28 heavy (non-hydrogen) atoms. The monoisotopic (exact) mass is 382 g/mol. The van der Waals surface area contributed by atoms with Crippen molar-refractivity contribution in [2.75, 3.05) is 26.8 Å². The van der Waals surface area contributed by atoms with Gasteiger partial charge in [0.15, 0.2) is 0 Å². The Morgan fingerprint density at radius 1 is 1.18 bits per heavy atom. The number of aromatic nitrogens is 3. The predicted octanol–water partition coefficient (Wildman–Crippen LogP) is 3.05. The molecule has 3 aromatic rings. The smallest absolute Gasteiger partial charge is 0.137 e. The van der Waals surface area contributed by atoms with Gasteiger partial charge in [-0.2, -0.15) is 5.10 Å². The predicted molar refractivity (Wildman–Crippen MR) is 102 cm³/mol. The van der Waals surface area contributed by atoms with Crippen molar-refractivity contribution < 1.29 is 13.9 Å². The van der Waals surface area contributed by atoms with E-state index in [0.29, 0.717) is 13.2 Å². The highest BCUT2D eigenvalue weighted by Crippen LogP contribution is 2.25. The van der Waals surface area contributed by atoms with Gasteiger partial charge in [-0.25, -0.2) is 14.1 Å². The topological polar surface area (TPSA) is 52.4 Å². The van der Waals surface area contributed by atoms with Gasteiger partial charge in [0.05, 0.1) is 26.4 Å². The molecule has 0 saturated carbocycles. The largest absolute Gasteiger partial charge is 0.496 e. The van der Waals surface area contributed by atoms with Crippen molar-refractivity contribution in [1.29, 1.82) is 0 Å². The van der Waals surface area contributed by atoms with Gasteiger partial charge in [0.1, 0.15) is 24.2 Å². The maximum atomic E-state index is 13.2. The van der Waals surface area contributed by atoms with Crippen LogP contribution in [-0.2, 0) is 17.8 Å². The van der Waals surface area contributed by atoms with Crippen LogP contribution in [0.4, 0.5) is 4.39 Å². The fourth-order valence-corrected chi connectivity index (χ4v) is 3.53. The van der Waals surface area contributed by atoms with Crippen LogP contribution >= 0.6 is 0 Å². The third kappa shape index (κ3) is 4.37. The number of morpholine rings is 1. The van der Waals surface area contributed by atoms with E-state index in [2.05, 4.69) is 27.1 Å². The summed E-state index contributed by atoms with van der Waals surface area (Å²) in [4.78, 5) is 6.36. The summed E-state index contributed by atoms with van der Waals surface area (Å²) < 4.78 is 26.4. The zero-order chi connectivity index (χ0) is 19.3. The highest BCUT2D eigenvalue weighted by Gasteiger charge is 2.22. The molecule has 0 N–H and O–H groups in total. The highest BCUT2D eigenvalue weighted by molar-refractivity contribution is 5.37. The van der Waals surface area contributed by atoms with Crippen LogP contribution in [0.3, 0.4) is 0 Å². The molecule has 1 aliphatic rings. The minimum atomic E-state index is -0.227. The van der Waals surface area contributed by atoms with Crippen LogP contribution in [-0.4, -0.2) is 46.5 Å². The van der Waals surface area contributed by atoms with Crippen LogP contribution in [0.2, 0.25) is 0 Å².